The minimum atomic E-state index is -0.624. The molecule has 7 nitrogen and oxygen atoms in total. The van der Waals surface area contributed by atoms with Gasteiger partial charge < -0.3 is 10.1 Å². The van der Waals surface area contributed by atoms with E-state index in [1.807, 2.05) is 31.2 Å². The fourth-order valence-corrected chi connectivity index (χ4v) is 4.03. The zero-order valence-corrected chi connectivity index (χ0v) is 20.2. The van der Waals surface area contributed by atoms with E-state index in [4.69, 9.17) is 4.74 Å². The first-order valence-corrected chi connectivity index (χ1v) is 11.4. The lowest BCUT2D eigenvalue weighted by atomic mass is 9.98. The first-order chi connectivity index (χ1) is 16.8. The molecule has 0 aliphatic rings. The number of carbonyl (C=O) groups is 2. The zero-order chi connectivity index (χ0) is 25.1. The van der Waals surface area contributed by atoms with Gasteiger partial charge in [-0.25, -0.2) is 9.78 Å². The summed E-state index contributed by atoms with van der Waals surface area (Å²) in [5.74, 6) is -0.255. The number of fused-ring (bicyclic) bond motifs is 1. The van der Waals surface area contributed by atoms with Crippen molar-refractivity contribution in [3.8, 4) is 5.69 Å². The van der Waals surface area contributed by atoms with E-state index in [1.54, 1.807) is 49.4 Å². The summed E-state index contributed by atoms with van der Waals surface area (Å²) in [5.41, 5.74) is 4.03. The van der Waals surface area contributed by atoms with Crippen molar-refractivity contribution in [3.05, 3.63) is 99.6 Å². The summed E-state index contributed by atoms with van der Waals surface area (Å²) in [6.07, 6.45) is 0. The molecule has 0 unspecified atom stereocenters. The maximum absolute atomic E-state index is 13.0. The molecule has 0 bridgehead atoms. The fourth-order valence-electron chi connectivity index (χ4n) is 4.03. The van der Waals surface area contributed by atoms with Crippen molar-refractivity contribution in [3.63, 3.8) is 0 Å². The first kappa shape index (κ1) is 23.9. The van der Waals surface area contributed by atoms with Crippen LogP contribution in [-0.2, 0) is 9.53 Å². The number of benzene rings is 3. The number of rotatable bonds is 6. The molecule has 178 valence electrons. The van der Waals surface area contributed by atoms with Crippen LogP contribution in [0.1, 0.15) is 47.1 Å². The van der Waals surface area contributed by atoms with E-state index in [-0.39, 0.29) is 17.0 Å². The number of carbonyl (C=O) groups excluding carboxylic acids is 2. The molecule has 3 aromatic carbocycles. The highest BCUT2D eigenvalue weighted by Gasteiger charge is 2.15. The highest BCUT2D eigenvalue weighted by molar-refractivity contribution is 5.96. The van der Waals surface area contributed by atoms with Gasteiger partial charge in [-0.3, -0.25) is 14.2 Å². The summed E-state index contributed by atoms with van der Waals surface area (Å²) in [4.78, 5) is 42.5. The summed E-state index contributed by atoms with van der Waals surface area (Å²) < 4.78 is 6.72. The van der Waals surface area contributed by atoms with Gasteiger partial charge >= 0.3 is 5.97 Å². The second kappa shape index (κ2) is 9.93. The first-order valence-electron chi connectivity index (χ1n) is 11.4. The van der Waals surface area contributed by atoms with Crippen LogP contribution in [0.2, 0.25) is 0 Å². The molecule has 0 aliphatic carbocycles. The maximum Gasteiger partial charge on any atom is 0.338 e. The maximum atomic E-state index is 13.0. The summed E-state index contributed by atoms with van der Waals surface area (Å²) in [7, 11) is 0. The number of ether oxygens (including phenoxy) is 1. The lowest BCUT2D eigenvalue weighted by Crippen LogP contribution is -2.23. The number of para-hydroxylation sites is 2. The van der Waals surface area contributed by atoms with Crippen molar-refractivity contribution in [1.29, 1.82) is 0 Å². The van der Waals surface area contributed by atoms with Crippen molar-refractivity contribution < 1.29 is 14.3 Å². The number of esters is 1. The van der Waals surface area contributed by atoms with Crippen LogP contribution in [0.25, 0.3) is 16.6 Å². The Bertz CT molecular complexity index is 1470. The third kappa shape index (κ3) is 4.99. The molecular formula is C28H27N3O4. The van der Waals surface area contributed by atoms with Gasteiger partial charge in [0.05, 0.1) is 22.2 Å². The van der Waals surface area contributed by atoms with Gasteiger partial charge in [-0.15, -0.1) is 0 Å². The Morgan fingerprint density at radius 1 is 0.971 bits per heavy atom. The van der Waals surface area contributed by atoms with E-state index in [1.165, 1.54) is 4.57 Å². The number of aromatic nitrogens is 2. The van der Waals surface area contributed by atoms with Crippen molar-refractivity contribution in [2.75, 3.05) is 11.9 Å². The number of aryl methyl sites for hydroxylation is 2. The number of hydrogen-bond donors (Lipinski definition) is 1. The highest BCUT2D eigenvalue weighted by Crippen LogP contribution is 2.27. The van der Waals surface area contributed by atoms with Gasteiger partial charge in [-0.05, 0) is 67.3 Å². The van der Waals surface area contributed by atoms with Gasteiger partial charge in [0.25, 0.3) is 11.5 Å². The second-order valence-corrected chi connectivity index (χ2v) is 8.68. The zero-order valence-electron chi connectivity index (χ0n) is 20.2. The van der Waals surface area contributed by atoms with Gasteiger partial charge in [0.2, 0.25) is 0 Å². The topological polar surface area (TPSA) is 90.3 Å². The third-order valence-electron chi connectivity index (χ3n) is 5.83. The standard InChI is InChI=1S/C28H27N3O4/c1-17(2)22-10-7-8-18(3)26(22)30-25(32)16-35-28(34)20-12-14-21(15-13-20)31-19(4)29-24-11-6-5-9-23(24)27(31)33/h5-15,17H,16H2,1-4H3,(H,30,32). The number of nitrogens with one attached hydrogen (secondary N) is 1. The molecule has 0 radical (unpaired) electrons. The Balaban J connectivity index is 1.46. The van der Waals surface area contributed by atoms with Gasteiger partial charge in [-0.2, -0.15) is 0 Å². The van der Waals surface area contributed by atoms with Crippen LogP contribution in [0.3, 0.4) is 0 Å². The van der Waals surface area contributed by atoms with Crippen LogP contribution in [0, 0.1) is 13.8 Å². The molecule has 0 aliphatic heterocycles. The number of anilines is 1. The van der Waals surface area contributed by atoms with E-state index in [0.29, 0.717) is 22.4 Å². The van der Waals surface area contributed by atoms with Crippen molar-refractivity contribution in [1.82, 2.24) is 9.55 Å². The fraction of sp³-hybridized carbons (Fsp3) is 0.214. The van der Waals surface area contributed by atoms with Crippen LogP contribution in [-0.4, -0.2) is 28.0 Å². The van der Waals surface area contributed by atoms with Crippen LogP contribution in [0.15, 0.2) is 71.5 Å². The van der Waals surface area contributed by atoms with Crippen LogP contribution >= 0.6 is 0 Å². The monoisotopic (exact) mass is 469 g/mol. The molecule has 0 saturated carbocycles. The van der Waals surface area contributed by atoms with Crippen LogP contribution in [0.5, 0.6) is 0 Å². The number of amides is 1. The van der Waals surface area contributed by atoms with E-state index in [2.05, 4.69) is 24.1 Å². The summed E-state index contributed by atoms with van der Waals surface area (Å²) >= 11 is 0. The van der Waals surface area contributed by atoms with Gasteiger partial charge in [0.15, 0.2) is 6.61 Å². The number of nitrogens with zero attached hydrogens (tertiary/aromatic N) is 2. The average Bonchev–Trinajstić information content (AvgIpc) is 2.84. The Labute approximate surface area is 203 Å². The summed E-state index contributed by atoms with van der Waals surface area (Å²) in [6.45, 7) is 7.38. The molecule has 7 heteroatoms. The smallest absolute Gasteiger partial charge is 0.338 e. The van der Waals surface area contributed by atoms with E-state index in [0.717, 1.165) is 16.8 Å². The van der Waals surface area contributed by atoms with E-state index < -0.39 is 18.5 Å². The molecule has 0 atom stereocenters. The van der Waals surface area contributed by atoms with Gasteiger partial charge in [-0.1, -0.05) is 44.2 Å². The molecule has 4 rings (SSSR count). The SMILES string of the molecule is Cc1cccc(C(C)C)c1NC(=O)COC(=O)c1ccc(-n2c(C)nc3ccccc3c2=O)cc1. The van der Waals surface area contributed by atoms with E-state index in [9.17, 15) is 14.4 Å². The lowest BCUT2D eigenvalue weighted by Gasteiger charge is -2.16. The molecule has 0 saturated heterocycles. The average molecular weight is 470 g/mol. The largest absolute Gasteiger partial charge is 0.452 e. The molecule has 35 heavy (non-hydrogen) atoms. The molecule has 0 fully saturated rings. The molecule has 1 aromatic heterocycles. The summed E-state index contributed by atoms with van der Waals surface area (Å²) in [6, 6.07) is 19.5. The Morgan fingerprint density at radius 3 is 2.40 bits per heavy atom. The quantitative estimate of drug-likeness (QED) is 0.405. The molecule has 1 amide bonds. The minimum Gasteiger partial charge on any atom is -0.452 e. The normalized spacial score (nSPS) is 11.0. The van der Waals surface area contributed by atoms with Gasteiger partial charge in [0.1, 0.15) is 5.82 Å². The van der Waals surface area contributed by atoms with Crippen molar-refractivity contribution in [2.24, 2.45) is 0 Å². The van der Waals surface area contributed by atoms with E-state index >= 15 is 0 Å². The Morgan fingerprint density at radius 2 is 1.69 bits per heavy atom. The van der Waals surface area contributed by atoms with Crippen LogP contribution in [0.4, 0.5) is 5.69 Å². The van der Waals surface area contributed by atoms with Crippen LogP contribution < -0.4 is 10.9 Å². The predicted octanol–water partition coefficient (Wildman–Crippen LogP) is 4.92. The summed E-state index contributed by atoms with van der Waals surface area (Å²) in [5, 5.41) is 3.38. The minimum absolute atomic E-state index is 0.183. The predicted molar refractivity (Wildman–Crippen MR) is 136 cm³/mol. The van der Waals surface area contributed by atoms with Crippen molar-refractivity contribution >= 4 is 28.5 Å². The van der Waals surface area contributed by atoms with Crippen molar-refractivity contribution in [2.45, 2.75) is 33.6 Å². The highest BCUT2D eigenvalue weighted by atomic mass is 16.5. The van der Waals surface area contributed by atoms with Gasteiger partial charge in [0, 0.05) is 5.69 Å². The molecule has 0 spiro atoms. The second-order valence-electron chi connectivity index (χ2n) is 8.68. The molecule has 4 aromatic rings. The third-order valence-corrected chi connectivity index (χ3v) is 5.83. The Kier molecular flexibility index (Phi) is 6.78. The number of hydrogen-bond acceptors (Lipinski definition) is 5. The molecule has 1 heterocycles. The molecular weight excluding hydrogens is 442 g/mol. The molecule has 1 N–H and O–H groups in total. The lowest BCUT2D eigenvalue weighted by molar-refractivity contribution is -0.119. The Hall–Kier alpha value is -4.26.